The average molecular weight is 314 g/mol. The van der Waals surface area contributed by atoms with Gasteiger partial charge in [0.15, 0.2) is 11.5 Å². The van der Waals surface area contributed by atoms with Gasteiger partial charge in [-0.1, -0.05) is 0 Å². The Bertz CT molecular complexity index is 534. The van der Waals surface area contributed by atoms with E-state index in [1.807, 2.05) is 0 Å². The molecular weight excluding hydrogens is 298 g/mol. The number of rotatable bonds is 6. The average Bonchev–Trinajstić information content (AvgIpc) is 2.46. The van der Waals surface area contributed by atoms with E-state index >= 15 is 0 Å². The van der Waals surface area contributed by atoms with Gasteiger partial charge >= 0.3 is 5.97 Å². The molecule has 2 N–H and O–H groups in total. The zero-order valence-corrected chi connectivity index (χ0v) is 12.3. The van der Waals surface area contributed by atoms with Gasteiger partial charge in [-0.3, -0.25) is 4.79 Å². The number of nitrogens with one attached hydrogen (secondary N) is 2. The number of amides is 1. The smallest absolute Gasteiger partial charge is 0.356 e. The van der Waals surface area contributed by atoms with Gasteiger partial charge in [0.1, 0.15) is 5.88 Å². The zero-order chi connectivity index (χ0) is 15.2. The summed E-state index contributed by atoms with van der Waals surface area (Å²) in [5.41, 5.74) is 0.603. The van der Waals surface area contributed by atoms with Crippen LogP contribution in [0.5, 0.6) is 0 Å². The maximum Gasteiger partial charge on any atom is 0.356 e. The minimum atomic E-state index is -0.548. The van der Waals surface area contributed by atoms with Gasteiger partial charge in [-0.05, 0) is 18.6 Å². The van der Waals surface area contributed by atoms with E-state index in [0.717, 1.165) is 13.0 Å². The quantitative estimate of drug-likeness (QED) is 0.607. The normalized spacial score (nSPS) is 16.8. The molecule has 1 amide bonds. The summed E-state index contributed by atoms with van der Waals surface area (Å²) in [6.45, 7) is 1.29. The highest BCUT2D eigenvalue weighted by Gasteiger charge is 2.19. The highest BCUT2D eigenvalue weighted by molar-refractivity contribution is 6.29. The van der Waals surface area contributed by atoms with Gasteiger partial charge < -0.3 is 20.1 Å². The maximum absolute atomic E-state index is 11.5. The molecule has 2 heterocycles. The molecule has 7 nitrogen and oxygen atoms in total. The number of ether oxygens (including phenoxy) is 2. The first-order chi connectivity index (χ1) is 10.1. The van der Waals surface area contributed by atoms with Crippen molar-refractivity contribution in [3.8, 4) is 0 Å². The largest absolute Gasteiger partial charge is 0.464 e. The number of pyridine rings is 1. The summed E-state index contributed by atoms with van der Waals surface area (Å²) in [4.78, 5) is 27.1. The maximum atomic E-state index is 11.5. The summed E-state index contributed by atoms with van der Waals surface area (Å²) in [5, 5.41) is 5.68. The summed E-state index contributed by atoms with van der Waals surface area (Å²) in [6, 6.07) is 3.05. The Morgan fingerprint density at radius 2 is 2.29 bits per heavy atom. The SMILES string of the molecule is COC(=O)c1ccc(NC(=O)CCl)c(NC[C@@H]2CCO2)n1. The molecule has 1 fully saturated rings. The van der Waals surface area contributed by atoms with Crippen LogP contribution < -0.4 is 10.6 Å². The van der Waals surface area contributed by atoms with Gasteiger partial charge in [0.05, 0.1) is 18.9 Å². The molecule has 1 aromatic rings. The number of anilines is 2. The van der Waals surface area contributed by atoms with Crippen LogP contribution in [0.1, 0.15) is 16.9 Å². The van der Waals surface area contributed by atoms with Crippen molar-refractivity contribution in [1.29, 1.82) is 0 Å². The lowest BCUT2D eigenvalue weighted by atomic mass is 10.2. The Morgan fingerprint density at radius 3 is 2.86 bits per heavy atom. The number of carbonyl (C=O) groups excluding carboxylic acids is 2. The molecule has 0 unspecified atom stereocenters. The van der Waals surface area contributed by atoms with Gasteiger partial charge in [0.25, 0.3) is 0 Å². The molecule has 1 aliphatic heterocycles. The highest BCUT2D eigenvalue weighted by atomic mass is 35.5. The molecular formula is C13H16ClN3O4. The molecule has 0 saturated carbocycles. The molecule has 0 aromatic carbocycles. The van der Waals surface area contributed by atoms with Crippen LogP contribution in [0.2, 0.25) is 0 Å². The number of aromatic nitrogens is 1. The Balaban J connectivity index is 2.16. The molecule has 0 bridgehead atoms. The molecule has 1 atom stereocenters. The number of nitrogens with zero attached hydrogens (tertiary/aromatic N) is 1. The Kier molecular flexibility index (Phi) is 5.35. The van der Waals surface area contributed by atoms with Crippen LogP contribution in [0.4, 0.5) is 11.5 Å². The predicted molar refractivity (Wildman–Crippen MR) is 77.8 cm³/mol. The fourth-order valence-electron chi connectivity index (χ4n) is 1.75. The second kappa shape index (κ2) is 7.24. The Morgan fingerprint density at radius 1 is 1.52 bits per heavy atom. The number of carbonyl (C=O) groups is 2. The topological polar surface area (TPSA) is 89.5 Å². The van der Waals surface area contributed by atoms with E-state index in [-0.39, 0.29) is 23.6 Å². The standard InChI is InChI=1S/C13H16ClN3O4/c1-20-13(19)10-3-2-9(16-11(18)6-14)12(17-10)15-7-8-4-5-21-8/h2-3,8H,4-7H2,1H3,(H,15,17)(H,16,18)/t8-/m0/s1. The summed E-state index contributed by atoms with van der Waals surface area (Å²) in [7, 11) is 1.28. The van der Waals surface area contributed by atoms with Crippen molar-refractivity contribution in [1.82, 2.24) is 4.98 Å². The van der Waals surface area contributed by atoms with Crippen molar-refractivity contribution in [2.75, 3.05) is 36.8 Å². The third-order valence-electron chi connectivity index (χ3n) is 2.98. The zero-order valence-electron chi connectivity index (χ0n) is 11.5. The number of halogens is 1. The van der Waals surface area contributed by atoms with Crippen molar-refractivity contribution in [3.05, 3.63) is 17.8 Å². The van der Waals surface area contributed by atoms with Crippen LogP contribution in [-0.2, 0) is 14.3 Å². The highest BCUT2D eigenvalue weighted by Crippen LogP contribution is 2.21. The van der Waals surface area contributed by atoms with Crippen molar-refractivity contribution < 1.29 is 19.1 Å². The first-order valence-corrected chi connectivity index (χ1v) is 6.98. The third-order valence-corrected chi connectivity index (χ3v) is 3.22. The summed E-state index contributed by atoms with van der Waals surface area (Å²) in [6.07, 6.45) is 1.08. The molecule has 114 valence electrons. The van der Waals surface area contributed by atoms with Gasteiger partial charge in [0, 0.05) is 13.2 Å². The molecule has 21 heavy (non-hydrogen) atoms. The number of hydrogen-bond donors (Lipinski definition) is 2. The molecule has 0 radical (unpaired) electrons. The first-order valence-electron chi connectivity index (χ1n) is 6.44. The predicted octanol–water partition coefficient (Wildman–Crippen LogP) is 1.25. The van der Waals surface area contributed by atoms with Crippen LogP contribution in [-0.4, -0.2) is 49.1 Å². The van der Waals surface area contributed by atoms with Gasteiger partial charge in [-0.25, -0.2) is 9.78 Å². The van der Waals surface area contributed by atoms with Crippen LogP contribution in [0.3, 0.4) is 0 Å². The van der Waals surface area contributed by atoms with Crippen molar-refractivity contribution in [2.24, 2.45) is 0 Å². The summed E-state index contributed by atoms with van der Waals surface area (Å²) in [5.74, 6) is -0.684. The lowest BCUT2D eigenvalue weighted by molar-refractivity contribution is -0.113. The van der Waals surface area contributed by atoms with Crippen LogP contribution in [0, 0.1) is 0 Å². The van der Waals surface area contributed by atoms with E-state index in [1.54, 1.807) is 6.07 Å². The number of hydrogen-bond acceptors (Lipinski definition) is 6. The second-order valence-corrected chi connectivity index (χ2v) is 4.70. The van der Waals surface area contributed by atoms with Crippen LogP contribution >= 0.6 is 11.6 Å². The Labute approximate surface area is 127 Å². The minimum absolute atomic E-state index is 0.116. The minimum Gasteiger partial charge on any atom is -0.464 e. The molecule has 1 aliphatic rings. The molecule has 1 aromatic heterocycles. The fraction of sp³-hybridized carbons (Fsp3) is 0.462. The van der Waals surface area contributed by atoms with Crippen molar-refractivity contribution in [3.63, 3.8) is 0 Å². The lowest BCUT2D eigenvalue weighted by Gasteiger charge is -2.27. The molecule has 0 aliphatic carbocycles. The number of esters is 1. The molecule has 8 heteroatoms. The first kappa shape index (κ1) is 15.5. The Hall–Kier alpha value is -1.86. The monoisotopic (exact) mass is 313 g/mol. The lowest BCUT2D eigenvalue weighted by Crippen LogP contribution is -2.34. The van der Waals surface area contributed by atoms with E-state index in [4.69, 9.17) is 16.3 Å². The van der Waals surface area contributed by atoms with Crippen LogP contribution in [0.25, 0.3) is 0 Å². The summed E-state index contributed by atoms with van der Waals surface area (Å²) < 4.78 is 9.93. The number of methoxy groups -OCH3 is 1. The fourth-order valence-corrected chi connectivity index (χ4v) is 1.82. The third kappa shape index (κ3) is 4.05. The second-order valence-electron chi connectivity index (χ2n) is 4.43. The summed E-state index contributed by atoms with van der Waals surface area (Å²) >= 11 is 5.47. The van der Waals surface area contributed by atoms with Gasteiger partial charge in [-0.15, -0.1) is 11.6 Å². The van der Waals surface area contributed by atoms with Gasteiger partial charge in [-0.2, -0.15) is 0 Å². The van der Waals surface area contributed by atoms with E-state index in [1.165, 1.54) is 13.2 Å². The van der Waals surface area contributed by atoms with Gasteiger partial charge in [0.2, 0.25) is 5.91 Å². The molecule has 1 saturated heterocycles. The van der Waals surface area contributed by atoms with Crippen molar-refractivity contribution in [2.45, 2.75) is 12.5 Å². The number of alkyl halides is 1. The molecule has 2 rings (SSSR count). The van der Waals surface area contributed by atoms with E-state index < -0.39 is 5.97 Å². The van der Waals surface area contributed by atoms with Crippen molar-refractivity contribution >= 4 is 35.0 Å². The van der Waals surface area contributed by atoms with E-state index in [2.05, 4.69) is 20.4 Å². The molecule has 0 spiro atoms. The van der Waals surface area contributed by atoms with E-state index in [9.17, 15) is 9.59 Å². The van der Waals surface area contributed by atoms with E-state index in [0.29, 0.717) is 18.1 Å². The van der Waals surface area contributed by atoms with Crippen LogP contribution in [0.15, 0.2) is 12.1 Å².